The maximum Gasteiger partial charge on any atom is 1.00 e. The van der Waals surface area contributed by atoms with E-state index in [1.165, 1.54) is 0 Å². The molecule has 0 saturated heterocycles. The molecule has 0 radical (unpaired) electrons. The van der Waals surface area contributed by atoms with Crippen molar-refractivity contribution in [2.75, 3.05) is 0 Å². The van der Waals surface area contributed by atoms with Crippen molar-refractivity contribution in [2.24, 2.45) is 0 Å². The molecule has 0 aliphatic carbocycles. The average Bonchev–Trinajstić information content (AvgIpc) is 0.722. The Labute approximate surface area is 34.1 Å². The van der Waals surface area contributed by atoms with Gasteiger partial charge in [-0.15, -0.1) is 0 Å². The summed E-state index contributed by atoms with van der Waals surface area (Å²) in [6.45, 7) is 5.23. The molecule has 0 rings (SSSR count). The second-order valence-electron chi connectivity index (χ2n) is 2.17. The van der Waals surface area contributed by atoms with E-state index in [4.69, 9.17) is 5.11 Å². The van der Waals surface area contributed by atoms with Crippen molar-refractivity contribution < 1.29 is 6.53 Å². The predicted octanol–water partition coefficient (Wildman–Crippen LogP) is 0.890. The molecule has 0 saturated carbocycles. The number of rotatable bonds is 0. The molecule has 5 heavy (non-hydrogen) atoms. The molecule has 0 bridgehead atoms. The maximum atomic E-state index is 8.52. The molecule has 32 valence electrons. The van der Waals surface area contributed by atoms with E-state index in [-0.39, 0.29) is 1.43 Å². The molecule has 0 aromatic rings. The van der Waals surface area contributed by atoms with Gasteiger partial charge in [-0.05, 0) is 20.8 Å². The zero-order chi connectivity index (χ0) is 4.50. The Balaban J connectivity index is 0. The molecule has 0 unspecified atom stereocenters. The lowest BCUT2D eigenvalue weighted by Gasteiger charge is -2.04. The Morgan fingerprint density at radius 3 is 1.40 bits per heavy atom. The van der Waals surface area contributed by atoms with E-state index in [2.05, 4.69) is 0 Å². The predicted molar refractivity (Wildman–Crippen MR) is 23.1 cm³/mol. The Kier molecular flexibility index (Phi) is 0.969. The van der Waals surface area contributed by atoms with Gasteiger partial charge in [-0.3, -0.25) is 0 Å². The Morgan fingerprint density at radius 1 is 1.40 bits per heavy atom. The van der Waals surface area contributed by atoms with Crippen LogP contribution in [-0.2, 0) is 0 Å². The van der Waals surface area contributed by atoms with Crippen LogP contribution >= 0.6 is 0 Å². The third kappa shape index (κ3) is 9510. The van der Waals surface area contributed by atoms with Gasteiger partial charge in [0.25, 0.3) is 0 Å². The minimum absolute atomic E-state index is 0. The quantitative estimate of drug-likeness (QED) is 0.453. The van der Waals surface area contributed by atoms with Crippen molar-refractivity contribution in [2.45, 2.75) is 26.4 Å². The van der Waals surface area contributed by atoms with Crippen molar-refractivity contribution in [3.8, 4) is 0 Å². The van der Waals surface area contributed by atoms with E-state index < -0.39 is 5.60 Å². The second kappa shape index (κ2) is 0.977. The maximum absolute atomic E-state index is 8.52. The summed E-state index contributed by atoms with van der Waals surface area (Å²) in [6.07, 6.45) is 0. The van der Waals surface area contributed by atoms with E-state index in [1.807, 2.05) is 0 Å². The highest BCUT2D eigenvalue weighted by Gasteiger charge is 1.97. The lowest BCUT2D eigenvalue weighted by molar-refractivity contribution is 0.102. The van der Waals surface area contributed by atoms with Crippen LogP contribution in [0.1, 0.15) is 22.2 Å². The van der Waals surface area contributed by atoms with Crippen molar-refractivity contribution in [1.82, 2.24) is 0 Å². The summed E-state index contributed by atoms with van der Waals surface area (Å²) in [6, 6.07) is 0. The van der Waals surface area contributed by atoms with Gasteiger partial charge in [0, 0.05) is 0 Å². The van der Waals surface area contributed by atoms with Crippen LogP contribution < -0.4 is 0 Å². The summed E-state index contributed by atoms with van der Waals surface area (Å²) in [5.74, 6) is 0. The highest BCUT2D eigenvalue weighted by molar-refractivity contribution is 4.50. The van der Waals surface area contributed by atoms with E-state index in [9.17, 15) is 0 Å². The molecule has 0 atom stereocenters. The Hall–Kier alpha value is -0.0400. The van der Waals surface area contributed by atoms with Gasteiger partial charge < -0.3 is 5.11 Å². The molecule has 0 spiro atoms. The summed E-state index contributed by atoms with van der Waals surface area (Å²) in [7, 11) is 0. The molecule has 1 N–H and O–H groups in total. The number of hydrogen-bond donors (Lipinski definition) is 1. The average molecular weight is 75.1 g/mol. The van der Waals surface area contributed by atoms with Gasteiger partial charge in [0.15, 0.2) is 0 Å². The lowest BCUT2D eigenvalue weighted by Crippen LogP contribution is -2.10. The monoisotopic (exact) mass is 75.1 g/mol. The van der Waals surface area contributed by atoms with Crippen LogP contribution in [-0.4, -0.2) is 10.7 Å². The standard InChI is InChI=1S/C4H10O/c1-4(2,3)5/h5H,1-3H3/p+1. The van der Waals surface area contributed by atoms with Gasteiger partial charge in [0.2, 0.25) is 0 Å². The van der Waals surface area contributed by atoms with Gasteiger partial charge in [0.1, 0.15) is 0 Å². The minimum Gasteiger partial charge on any atom is -0.391 e. The van der Waals surface area contributed by atoms with Crippen LogP contribution in [0.4, 0.5) is 0 Å². The van der Waals surface area contributed by atoms with Gasteiger partial charge in [-0.2, -0.15) is 0 Å². The number of aliphatic hydroxyl groups is 1. The molecule has 0 aliphatic rings. The summed E-state index contributed by atoms with van der Waals surface area (Å²) in [4.78, 5) is 0. The molecule has 0 heterocycles. The highest BCUT2D eigenvalue weighted by atomic mass is 16.3. The van der Waals surface area contributed by atoms with E-state index >= 15 is 0 Å². The summed E-state index contributed by atoms with van der Waals surface area (Å²) in [5, 5.41) is 8.52. The van der Waals surface area contributed by atoms with Crippen LogP contribution in [0, 0.1) is 0 Å². The van der Waals surface area contributed by atoms with E-state index in [1.54, 1.807) is 20.8 Å². The molecule has 0 aromatic carbocycles. The molecular formula is C4H11O+. The SMILES string of the molecule is CC(C)(C)O.[H+]. The van der Waals surface area contributed by atoms with E-state index in [0.717, 1.165) is 0 Å². The fourth-order valence-electron chi connectivity index (χ4n) is 0. The van der Waals surface area contributed by atoms with Crippen molar-refractivity contribution in [3.63, 3.8) is 0 Å². The van der Waals surface area contributed by atoms with Crippen molar-refractivity contribution in [1.29, 1.82) is 0 Å². The first-order valence-corrected chi connectivity index (χ1v) is 1.72. The molecule has 0 fully saturated rings. The van der Waals surface area contributed by atoms with Crippen LogP contribution in [0.25, 0.3) is 0 Å². The summed E-state index contributed by atoms with van der Waals surface area (Å²) >= 11 is 0. The fraction of sp³-hybridized carbons (Fsp3) is 1.00. The molecule has 1 heteroatoms. The third-order valence-electron chi connectivity index (χ3n) is 0. The molecular weight excluding hydrogens is 64.0 g/mol. The zero-order valence-corrected chi connectivity index (χ0v) is 3.95. The normalized spacial score (nSPS) is 12.0. The summed E-state index contributed by atoms with van der Waals surface area (Å²) in [5.41, 5.74) is -0.500. The van der Waals surface area contributed by atoms with Gasteiger partial charge >= 0.3 is 1.43 Å². The number of hydrogen-bond acceptors (Lipinski definition) is 1. The van der Waals surface area contributed by atoms with Gasteiger partial charge in [-0.25, -0.2) is 0 Å². The van der Waals surface area contributed by atoms with Crippen LogP contribution in [0.15, 0.2) is 0 Å². The second-order valence-corrected chi connectivity index (χ2v) is 2.17. The Morgan fingerprint density at radius 2 is 1.40 bits per heavy atom. The largest absolute Gasteiger partial charge is 1.00 e. The zero-order valence-electron chi connectivity index (χ0n) is 4.95. The smallest absolute Gasteiger partial charge is 0.391 e. The van der Waals surface area contributed by atoms with Gasteiger partial charge in [-0.1, -0.05) is 0 Å². The summed E-state index contributed by atoms with van der Waals surface area (Å²) < 4.78 is 0. The third-order valence-corrected chi connectivity index (χ3v) is 0. The van der Waals surface area contributed by atoms with Crippen LogP contribution in [0.3, 0.4) is 0 Å². The van der Waals surface area contributed by atoms with Gasteiger partial charge in [0.05, 0.1) is 5.60 Å². The molecule has 0 aliphatic heterocycles. The first-order valence-electron chi connectivity index (χ1n) is 1.72. The van der Waals surface area contributed by atoms with Crippen molar-refractivity contribution in [3.05, 3.63) is 0 Å². The van der Waals surface area contributed by atoms with Crippen LogP contribution in [0.2, 0.25) is 0 Å². The first-order chi connectivity index (χ1) is 2.00. The molecule has 0 amide bonds. The molecule has 1 nitrogen and oxygen atoms in total. The Bertz CT molecular complexity index is 23.0. The van der Waals surface area contributed by atoms with Crippen molar-refractivity contribution >= 4 is 0 Å². The highest BCUT2D eigenvalue weighted by Crippen LogP contribution is 1.93. The fourth-order valence-corrected chi connectivity index (χ4v) is 0. The van der Waals surface area contributed by atoms with Crippen LogP contribution in [0.5, 0.6) is 0 Å². The molecule has 0 aromatic heterocycles. The lowest BCUT2D eigenvalue weighted by atomic mass is 10.2. The first kappa shape index (κ1) is 4.96. The topological polar surface area (TPSA) is 20.2 Å². The van der Waals surface area contributed by atoms with E-state index in [0.29, 0.717) is 0 Å². The minimum atomic E-state index is -0.500.